The van der Waals surface area contributed by atoms with Crippen LogP contribution in [0.1, 0.15) is 44.6 Å². The van der Waals surface area contributed by atoms with Crippen molar-refractivity contribution < 1.29 is 22.7 Å². The van der Waals surface area contributed by atoms with Gasteiger partial charge in [0, 0.05) is 12.6 Å². The highest BCUT2D eigenvalue weighted by molar-refractivity contribution is 7.89. The van der Waals surface area contributed by atoms with Gasteiger partial charge in [-0.2, -0.15) is 0 Å². The lowest BCUT2D eigenvalue weighted by Gasteiger charge is -2.18. The van der Waals surface area contributed by atoms with Gasteiger partial charge in [0.25, 0.3) is 0 Å². The maximum Gasteiger partial charge on any atom is 0.407 e. The summed E-state index contributed by atoms with van der Waals surface area (Å²) in [6, 6.07) is 6.36. The molecule has 0 radical (unpaired) electrons. The van der Waals surface area contributed by atoms with E-state index in [-0.39, 0.29) is 41.6 Å². The van der Waals surface area contributed by atoms with Gasteiger partial charge in [-0.15, -0.1) is 0 Å². The molecule has 11 heteroatoms. The molecule has 1 saturated carbocycles. The Morgan fingerprint density at radius 3 is 2.71 bits per heavy atom. The van der Waals surface area contributed by atoms with Gasteiger partial charge in [-0.3, -0.25) is 10.2 Å². The van der Waals surface area contributed by atoms with Crippen LogP contribution >= 0.6 is 0 Å². The van der Waals surface area contributed by atoms with E-state index in [1.54, 1.807) is 18.2 Å². The molecule has 2 fully saturated rings. The van der Waals surface area contributed by atoms with Crippen molar-refractivity contribution in [1.29, 1.82) is 0 Å². The fraction of sp³-hybridized carbons (Fsp3) is 0.600. The quantitative estimate of drug-likeness (QED) is 0.384. The van der Waals surface area contributed by atoms with Gasteiger partial charge in [0.15, 0.2) is 0 Å². The summed E-state index contributed by atoms with van der Waals surface area (Å²) in [5.74, 6) is 0.0396. The van der Waals surface area contributed by atoms with Crippen LogP contribution in [0.3, 0.4) is 0 Å². The number of nitrogens with one attached hydrogen (secondary N) is 4. The Kier molecular flexibility index (Phi) is 7.87. The van der Waals surface area contributed by atoms with Crippen LogP contribution in [0.25, 0.3) is 0 Å². The van der Waals surface area contributed by atoms with E-state index < -0.39 is 10.0 Å². The van der Waals surface area contributed by atoms with Crippen molar-refractivity contribution in [3.63, 3.8) is 0 Å². The van der Waals surface area contributed by atoms with Gasteiger partial charge in [0.05, 0.1) is 17.5 Å². The summed E-state index contributed by atoms with van der Waals surface area (Å²) in [5, 5.41) is 10.8. The summed E-state index contributed by atoms with van der Waals surface area (Å²) >= 11 is 0. The summed E-state index contributed by atoms with van der Waals surface area (Å²) in [6.07, 6.45) is 3.28. The summed E-state index contributed by atoms with van der Waals surface area (Å²) in [5.41, 5.74) is 6.67. The van der Waals surface area contributed by atoms with Gasteiger partial charge in [-0.25, -0.2) is 23.8 Å². The highest BCUT2D eigenvalue weighted by Gasteiger charge is 2.37. The third kappa shape index (κ3) is 6.63. The Labute approximate surface area is 182 Å². The molecule has 0 aromatic heterocycles. The second kappa shape index (κ2) is 10.4. The lowest BCUT2D eigenvalue weighted by Crippen LogP contribution is -2.45. The predicted molar refractivity (Wildman–Crippen MR) is 114 cm³/mol. The third-order valence-electron chi connectivity index (χ3n) is 5.69. The normalized spacial score (nSPS) is 25.9. The number of carbonyl (C=O) groups is 2. The predicted octanol–water partition coefficient (Wildman–Crippen LogP) is 0.490. The molecule has 10 nitrogen and oxygen atoms in total. The number of hydrogen-bond donors (Lipinski definition) is 5. The first-order valence-corrected chi connectivity index (χ1v) is 12.2. The van der Waals surface area contributed by atoms with Crippen LogP contribution in [0.4, 0.5) is 4.79 Å². The summed E-state index contributed by atoms with van der Waals surface area (Å²) in [6.45, 7) is 2.59. The number of ether oxygens (including phenoxy) is 1. The first-order chi connectivity index (χ1) is 14.8. The van der Waals surface area contributed by atoms with E-state index >= 15 is 0 Å². The molecule has 1 aliphatic heterocycles. The van der Waals surface area contributed by atoms with E-state index in [2.05, 4.69) is 21.5 Å². The average molecular weight is 454 g/mol. The molecule has 0 spiro atoms. The van der Waals surface area contributed by atoms with Crippen LogP contribution in [0.2, 0.25) is 0 Å². The fourth-order valence-electron chi connectivity index (χ4n) is 4.20. The molecule has 3 rings (SSSR count). The SMILES string of the molecule is CCCNC(=O)O[C@@H]1CC[C@H](C2CC(NC(=O)Cc3ccccc3S(N)(=O)=O)NN2)C1. The van der Waals surface area contributed by atoms with Crippen molar-refractivity contribution in [2.45, 2.75) is 68.7 Å². The first kappa shape index (κ1) is 23.5. The van der Waals surface area contributed by atoms with Crippen molar-refractivity contribution in [1.82, 2.24) is 21.5 Å². The number of hydrazine groups is 1. The number of alkyl carbamates (subject to hydrolysis) is 1. The van der Waals surface area contributed by atoms with E-state index in [1.165, 1.54) is 6.07 Å². The lowest BCUT2D eigenvalue weighted by molar-refractivity contribution is -0.121. The van der Waals surface area contributed by atoms with Crippen LogP contribution < -0.4 is 26.6 Å². The van der Waals surface area contributed by atoms with E-state index in [4.69, 9.17) is 9.88 Å². The fourth-order valence-corrected chi connectivity index (χ4v) is 4.97. The molecule has 4 atom stereocenters. The molecule has 1 saturated heterocycles. The van der Waals surface area contributed by atoms with E-state index in [0.717, 1.165) is 25.7 Å². The first-order valence-electron chi connectivity index (χ1n) is 10.6. The third-order valence-corrected chi connectivity index (χ3v) is 6.70. The van der Waals surface area contributed by atoms with Crippen molar-refractivity contribution in [3.05, 3.63) is 29.8 Å². The minimum Gasteiger partial charge on any atom is -0.446 e. The highest BCUT2D eigenvalue weighted by atomic mass is 32.2. The zero-order valence-corrected chi connectivity index (χ0v) is 18.4. The highest BCUT2D eigenvalue weighted by Crippen LogP contribution is 2.32. The van der Waals surface area contributed by atoms with Crippen molar-refractivity contribution in [3.8, 4) is 0 Å². The molecule has 172 valence electrons. The van der Waals surface area contributed by atoms with Crippen molar-refractivity contribution in [2.75, 3.05) is 6.54 Å². The molecule has 1 heterocycles. The number of carbonyl (C=O) groups excluding carboxylic acids is 2. The van der Waals surface area contributed by atoms with Crippen LogP contribution in [0, 0.1) is 5.92 Å². The number of rotatable bonds is 8. The zero-order chi connectivity index (χ0) is 22.4. The molecule has 31 heavy (non-hydrogen) atoms. The minimum atomic E-state index is -3.89. The van der Waals surface area contributed by atoms with Crippen LogP contribution in [0.5, 0.6) is 0 Å². The van der Waals surface area contributed by atoms with Gasteiger partial charge in [-0.1, -0.05) is 25.1 Å². The second-order valence-electron chi connectivity index (χ2n) is 8.11. The Bertz CT molecular complexity index is 894. The molecule has 2 unspecified atom stereocenters. The lowest BCUT2D eigenvalue weighted by atomic mass is 9.96. The summed E-state index contributed by atoms with van der Waals surface area (Å²) < 4.78 is 28.9. The van der Waals surface area contributed by atoms with E-state index in [9.17, 15) is 18.0 Å². The zero-order valence-electron chi connectivity index (χ0n) is 17.6. The van der Waals surface area contributed by atoms with Crippen LogP contribution in [-0.4, -0.2) is 45.3 Å². The number of primary sulfonamides is 1. The molecule has 1 aliphatic carbocycles. The largest absolute Gasteiger partial charge is 0.446 e. The monoisotopic (exact) mass is 453 g/mol. The molecule has 2 amide bonds. The molecular formula is C20H31N5O5S. The topological polar surface area (TPSA) is 152 Å². The van der Waals surface area contributed by atoms with Gasteiger partial charge in [0.1, 0.15) is 6.10 Å². The maximum absolute atomic E-state index is 12.5. The molecule has 2 aliphatic rings. The Morgan fingerprint density at radius 1 is 1.19 bits per heavy atom. The van der Waals surface area contributed by atoms with Crippen molar-refractivity contribution >= 4 is 22.0 Å². The molecule has 1 aromatic carbocycles. The second-order valence-corrected chi connectivity index (χ2v) is 9.64. The van der Waals surface area contributed by atoms with Gasteiger partial charge in [-0.05, 0) is 49.7 Å². The van der Waals surface area contributed by atoms with E-state index in [1.807, 2.05) is 6.92 Å². The van der Waals surface area contributed by atoms with Crippen LogP contribution in [0.15, 0.2) is 29.2 Å². The van der Waals surface area contributed by atoms with Crippen molar-refractivity contribution in [2.24, 2.45) is 11.1 Å². The molecule has 0 bridgehead atoms. The summed E-state index contributed by atoms with van der Waals surface area (Å²) in [4.78, 5) is 24.2. The molecule has 6 N–H and O–H groups in total. The Balaban J connectivity index is 1.46. The standard InChI is InChI=1S/C20H31N5O5S/c1-2-9-22-20(27)30-15-8-7-13(10-15)16-12-18(25-24-16)23-19(26)11-14-5-3-4-6-17(14)31(21,28)29/h3-6,13,15-16,18,24-25H,2,7-12H2,1H3,(H,22,27)(H,23,26)(H2,21,28,29)/t13-,15+,16?,18?/m0/s1. The number of sulfonamides is 1. The smallest absolute Gasteiger partial charge is 0.407 e. The number of hydrogen-bond acceptors (Lipinski definition) is 7. The van der Waals surface area contributed by atoms with E-state index in [0.29, 0.717) is 24.4 Å². The van der Waals surface area contributed by atoms with Crippen LogP contribution in [-0.2, 0) is 26.0 Å². The average Bonchev–Trinajstić information content (AvgIpc) is 3.35. The Hall–Kier alpha value is -2.21. The number of benzene rings is 1. The maximum atomic E-state index is 12.5. The number of amides is 2. The Morgan fingerprint density at radius 2 is 1.97 bits per heavy atom. The van der Waals surface area contributed by atoms with Gasteiger partial charge >= 0.3 is 6.09 Å². The molecule has 1 aromatic rings. The summed E-state index contributed by atoms with van der Waals surface area (Å²) in [7, 11) is -3.89. The molecular weight excluding hydrogens is 422 g/mol. The minimum absolute atomic E-state index is 0.0412. The van der Waals surface area contributed by atoms with Gasteiger partial charge < -0.3 is 15.4 Å². The van der Waals surface area contributed by atoms with Gasteiger partial charge in [0.2, 0.25) is 15.9 Å². The number of nitrogens with two attached hydrogens (primary N) is 1.